The molecule has 0 atom stereocenters. The van der Waals surface area contributed by atoms with E-state index in [0.29, 0.717) is 52.3 Å². The monoisotopic (exact) mass is 493 g/mol. The van der Waals surface area contributed by atoms with Crippen LogP contribution in [0.2, 0.25) is 0 Å². The quantitative estimate of drug-likeness (QED) is 0.312. The first kappa shape index (κ1) is 22.5. The second kappa shape index (κ2) is 9.52. The van der Waals surface area contributed by atoms with Gasteiger partial charge in [-0.25, -0.2) is 4.98 Å². The average molecular weight is 494 g/mol. The van der Waals surface area contributed by atoms with Crippen LogP contribution in [0.4, 0.5) is 5.69 Å². The first-order valence-corrected chi connectivity index (χ1v) is 12.7. The van der Waals surface area contributed by atoms with Gasteiger partial charge in [0.1, 0.15) is 18.0 Å². The van der Waals surface area contributed by atoms with Gasteiger partial charge >= 0.3 is 0 Å². The van der Waals surface area contributed by atoms with E-state index in [9.17, 15) is 9.59 Å². The van der Waals surface area contributed by atoms with E-state index in [0.717, 1.165) is 16.0 Å². The van der Waals surface area contributed by atoms with Crippen molar-refractivity contribution in [3.05, 3.63) is 74.9 Å². The van der Waals surface area contributed by atoms with Crippen molar-refractivity contribution in [2.75, 3.05) is 24.3 Å². The summed E-state index contributed by atoms with van der Waals surface area (Å²) in [7, 11) is 0. The van der Waals surface area contributed by atoms with Crippen molar-refractivity contribution in [1.29, 1.82) is 0 Å². The van der Waals surface area contributed by atoms with Crippen molar-refractivity contribution >= 4 is 44.9 Å². The van der Waals surface area contributed by atoms with E-state index in [4.69, 9.17) is 14.5 Å². The third kappa shape index (κ3) is 4.53. The fraction of sp³-hybridized carbons (Fsp3) is 0.240. The molecule has 0 bridgehead atoms. The maximum atomic E-state index is 13.4. The first-order valence-electron chi connectivity index (χ1n) is 10.9. The molecule has 1 N–H and O–H groups in total. The summed E-state index contributed by atoms with van der Waals surface area (Å²) < 4.78 is 12.8. The molecule has 5 rings (SSSR count). The van der Waals surface area contributed by atoms with E-state index >= 15 is 0 Å². The fourth-order valence-electron chi connectivity index (χ4n) is 3.77. The van der Waals surface area contributed by atoms with Gasteiger partial charge in [0, 0.05) is 16.6 Å². The Bertz CT molecular complexity index is 1430. The molecular formula is C25H23N3O4S2. The minimum atomic E-state index is -0.194. The summed E-state index contributed by atoms with van der Waals surface area (Å²) in [5.74, 6) is 1.21. The van der Waals surface area contributed by atoms with Gasteiger partial charge in [-0.3, -0.25) is 14.2 Å². The number of hydrogen-bond acceptors (Lipinski definition) is 7. The van der Waals surface area contributed by atoms with E-state index in [-0.39, 0.29) is 17.2 Å². The lowest BCUT2D eigenvalue weighted by atomic mass is 10.2. The van der Waals surface area contributed by atoms with Crippen LogP contribution >= 0.6 is 23.1 Å². The lowest BCUT2D eigenvalue weighted by Gasteiger charge is -2.19. The van der Waals surface area contributed by atoms with Gasteiger partial charge in [0.25, 0.3) is 5.56 Å². The lowest BCUT2D eigenvalue weighted by Crippen LogP contribution is -2.24. The number of thiophene rings is 1. The zero-order valence-electron chi connectivity index (χ0n) is 18.8. The topological polar surface area (TPSA) is 82.4 Å². The molecule has 174 valence electrons. The number of fused-ring (bicyclic) bond motifs is 2. The summed E-state index contributed by atoms with van der Waals surface area (Å²) in [5.41, 5.74) is 2.51. The van der Waals surface area contributed by atoms with Crippen LogP contribution in [0.5, 0.6) is 11.5 Å². The van der Waals surface area contributed by atoms with Crippen LogP contribution in [-0.4, -0.2) is 34.4 Å². The van der Waals surface area contributed by atoms with Crippen LogP contribution in [0.25, 0.3) is 10.2 Å². The van der Waals surface area contributed by atoms with Gasteiger partial charge in [-0.2, -0.15) is 0 Å². The molecule has 1 aliphatic heterocycles. The fourth-order valence-corrected chi connectivity index (χ4v) is 5.64. The second-order valence-electron chi connectivity index (χ2n) is 7.93. The summed E-state index contributed by atoms with van der Waals surface area (Å²) in [6.07, 6.45) is 0. The molecule has 3 heterocycles. The molecule has 0 saturated heterocycles. The van der Waals surface area contributed by atoms with E-state index in [1.54, 1.807) is 22.8 Å². The number of thioether (sulfide) groups is 1. The van der Waals surface area contributed by atoms with Crippen molar-refractivity contribution in [1.82, 2.24) is 9.55 Å². The highest BCUT2D eigenvalue weighted by Crippen LogP contribution is 2.33. The molecule has 0 radical (unpaired) electrons. The molecule has 1 aliphatic rings. The largest absolute Gasteiger partial charge is 0.486 e. The molecule has 1 amide bonds. The number of nitrogens with one attached hydrogen (secondary N) is 1. The highest BCUT2D eigenvalue weighted by atomic mass is 32.2. The number of carbonyl (C=O) groups is 1. The average Bonchev–Trinajstić information content (AvgIpc) is 3.13. The Balaban J connectivity index is 1.39. The summed E-state index contributed by atoms with van der Waals surface area (Å²) >= 11 is 2.77. The van der Waals surface area contributed by atoms with Gasteiger partial charge in [-0.05, 0) is 37.1 Å². The standard InChI is InChI=1S/C25H23N3O4S2/c1-15-16(2)34-23-22(15)24(30)28(13-17-6-4-3-5-7-17)25(27-23)33-14-21(29)26-18-8-9-19-20(12-18)32-11-10-31-19/h3-9,12H,10-11,13-14H2,1-2H3,(H,26,29). The van der Waals surface area contributed by atoms with Crippen molar-refractivity contribution in [3.8, 4) is 11.5 Å². The second-order valence-corrected chi connectivity index (χ2v) is 10.1. The molecule has 0 aliphatic carbocycles. The van der Waals surface area contributed by atoms with Gasteiger partial charge in [0.2, 0.25) is 5.91 Å². The molecule has 0 unspecified atom stereocenters. The van der Waals surface area contributed by atoms with Gasteiger partial charge < -0.3 is 14.8 Å². The lowest BCUT2D eigenvalue weighted by molar-refractivity contribution is -0.113. The summed E-state index contributed by atoms with van der Waals surface area (Å²) in [5, 5.41) is 4.07. The molecule has 0 saturated carbocycles. The number of carbonyl (C=O) groups excluding carboxylic acids is 1. The SMILES string of the molecule is Cc1sc2nc(SCC(=O)Nc3ccc4c(c3)OCCO4)n(Cc3ccccc3)c(=O)c2c1C. The van der Waals surface area contributed by atoms with Gasteiger partial charge in [0.15, 0.2) is 16.7 Å². The molecule has 34 heavy (non-hydrogen) atoms. The highest BCUT2D eigenvalue weighted by Gasteiger charge is 2.18. The third-order valence-corrected chi connectivity index (χ3v) is 7.67. The van der Waals surface area contributed by atoms with Crippen molar-refractivity contribution in [2.45, 2.75) is 25.5 Å². The van der Waals surface area contributed by atoms with E-state index in [2.05, 4.69) is 5.32 Å². The Hall–Kier alpha value is -3.30. The minimum absolute atomic E-state index is 0.0783. The van der Waals surface area contributed by atoms with Gasteiger partial charge in [0.05, 0.1) is 17.7 Å². The molecule has 2 aromatic heterocycles. The molecule has 0 fully saturated rings. The zero-order chi connectivity index (χ0) is 23.7. The number of aromatic nitrogens is 2. The van der Waals surface area contributed by atoms with Crippen LogP contribution < -0.4 is 20.3 Å². The van der Waals surface area contributed by atoms with Crippen molar-refractivity contribution in [2.24, 2.45) is 0 Å². The van der Waals surface area contributed by atoms with Crippen molar-refractivity contribution < 1.29 is 14.3 Å². The molecule has 2 aromatic carbocycles. The Morgan fingerprint density at radius 3 is 2.68 bits per heavy atom. The zero-order valence-corrected chi connectivity index (χ0v) is 20.4. The van der Waals surface area contributed by atoms with Gasteiger partial charge in [-0.15, -0.1) is 11.3 Å². The van der Waals surface area contributed by atoms with Gasteiger partial charge in [-0.1, -0.05) is 42.1 Å². The maximum Gasteiger partial charge on any atom is 0.263 e. The predicted octanol–water partition coefficient (Wildman–Crippen LogP) is 4.63. The first-order chi connectivity index (χ1) is 16.5. The Morgan fingerprint density at radius 1 is 1.12 bits per heavy atom. The van der Waals surface area contributed by atoms with Crippen LogP contribution in [0, 0.1) is 13.8 Å². The Kier molecular flexibility index (Phi) is 6.30. The maximum absolute atomic E-state index is 13.4. The number of aryl methyl sites for hydroxylation is 2. The number of rotatable bonds is 6. The number of amides is 1. The normalized spacial score (nSPS) is 12.6. The summed E-state index contributed by atoms with van der Waals surface area (Å²) in [6, 6.07) is 15.1. The smallest absolute Gasteiger partial charge is 0.263 e. The number of hydrogen-bond donors (Lipinski definition) is 1. The molecule has 7 nitrogen and oxygen atoms in total. The van der Waals surface area contributed by atoms with Crippen LogP contribution in [0.15, 0.2) is 58.5 Å². The third-order valence-electron chi connectivity index (χ3n) is 5.60. The predicted molar refractivity (Wildman–Crippen MR) is 136 cm³/mol. The Labute approximate surface area is 204 Å². The van der Waals surface area contributed by atoms with E-state index in [1.807, 2.05) is 44.2 Å². The van der Waals surface area contributed by atoms with Crippen LogP contribution in [0.1, 0.15) is 16.0 Å². The van der Waals surface area contributed by atoms with E-state index in [1.165, 1.54) is 23.1 Å². The van der Waals surface area contributed by atoms with Crippen LogP contribution in [-0.2, 0) is 11.3 Å². The molecular weight excluding hydrogens is 470 g/mol. The number of benzene rings is 2. The summed E-state index contributed by atoms with van der Waals surface area (Å²) in [6.45, 7) is 5.34. The minimum Gasteiger partial charge on any atom is -0.486 e. The highest BCUT2D eigenvalue weighted by molar-refractivity contribution is 7.99. The number of nitrogens with zero attached hydrogens (tertiary/aromatic N) is 2. The van der Waals surface area contributed by atoms with E-state index < -0.39 is 0 Å². The molecule has 0 spiro atoms. The molecule has 4 aromatic rings. The summed E-state index contributed by atoms with van der Waals surface area (Å²) in [4.78, 5) is 32.7. The van der Waals surface area contributed by atoms with Crippen LogP contribution in [0.3, 0.4) is 0 Å². The molecule has 9 heteroatoms. The van der Waals surface area contributed by atoms with Crippen molar-refractivity contribution in [3.63, 3.8) is 0 Å². The number of anilines is 1. The Morgan fingerprint density at radius 2 is 1.88 bits per heavy atom. The number of ether oxygens (including phenoxy) is 2.